The Hall–Kier alpha value is -2.84. The first-order valence-electron chi connectivity index (χ1n) is 7.13. The fraction of sp³-hybridized carbons (Fsp3) is 0.250. The van der Waals surface area contributed by atoms with Crippen LogP contribution >= 0.6 is 0 Å². The average molecular weight is 357 g/mol. The zero-order valence-electron chi connectivity index (χ0n) is 13.4. The number of benzene rings is 1. The second-order valence-electron chi connectivity index (χ2n) is 5.10. The molecule has 1 heterocycles. The summed E-state index contributed by atoms with van der Waals surface area (Å²) in [5.41, 5.74) is -0.368. The van der Waals surface area contributed by atoms with Crippen LogP contribution in [0.2, 0.25) is 0 Å². The fourth-order valence-electron chi connectivity index (χ4n) is 2.02. The Morgan fingerprint density at radius 3 is 2.52 bits per heavy atom. The lowest BCUT2D eigenvalue weighted by atomic mass is 10.2. The van der Waals surface area contributed by atoms with Gasteiger partial charge in [0.2, 0.25) is 0 Å². The van der Waals surface area contributed by atoms with Crippen LogP contribution in [0.15, 0.2) is 30.3 Å². The molecule has 0 saturated carbocycles. The Morgan fingerprint density at radius 2 is 1.96 bits per heavy atom. The molecule has 0 atom stereocenters. The van der Waals surface area contributed by atoms with Gasteiger partial charge in [0.25, 0.3) is 0 Å². The van der Waals surface area contributed by atoms with E-state index in [2.05, 4.69) is 15.6 Å². The van der Waals surface area contributed by atoms with E-state index in [-0.39, 0.29) is 23.7 Å². The van der Waals surface area contributed by atoms with Crippen molar-refractivity contribution < 1.29 is 27.1 Å². The highest BCUT2D eigenvalue weighted by molar-refractivity contribution is 5.89. The molecule has 2 rings (SSSR count). The molecular formula is C16H15F4N3O2. The molecule has 0 aliphatic carbocycles. The Morgan fingerprint density at radius 1 is 1.24 bits per heavy atom. The molecule has 0 unspecified atom stereocenters. The van der Waals surface area contributed by atoms with Crippen LogP contribution in [0.5, 0.6) is 5.75 Å². The molecule has 134 valence electrons. The molecule has 1 aromatic heterocycles. The van der Waals surface area contributed by atoms with Gasteiger partial charge in [0.1, 0.15) is 5.69 Å². The van der Waals surface area contributed by atoms with E-state index in [1.54, 1.807) is 6.07 Å². The average Bonchev–Trinajstić information content (AvgIpc) is 2.54. The summed E-state index contributed by atoms with van der Waals surface area (Å²) in [6.45, 7) is 1.38. The number of nitrogens with one attached hydrogen (secondary N) is 2. The molecule has 5 nitrogen and oxygen atoms in total. The number of halogens is 4. The third kappa shape index (κ3) is 4.82. The number of methoxy groups -OCH3 is 1. The van der Waals surface area contributed by atoms with Crippen molar-refractivity contribution in [2.75, 3.05) is 12.4 Å². The molecule has 0 bridgehead atoms. The third-order valence-electron chi connectivity index (χ3n) is 3.29. The summed E-state index contributed by atoms with van der Waals surface area (Å²) in [5, 5.41) is 4.87. The van der Waals surface area contributed by atoms with Crippen molar-refractivity contribution in [1.29, 1.82) is 0 Å². The van der Waals surface area contributed by atoms with Crippen molar-refractivity contribution in [1.82, 2.24) is 10.3 Å². The summed E-state index contributed by atoms with van der Waals surface area (Å²) in [7, 11) is 1.34. The van der Waals surface area contributed by atoms with Gasteiger partial charge in [-0.2, -0.15) is 13.2 Å². The van der Waals surface area contributed by atoms with Crippen molar-refractivity contribution in [3.8, 4) is 5.75 Å². The number of anilines is 1. The van der Waals surface area contributed by atoms with Gasteiger partial charge in [-0.1, -0.05) is 6.07 Å². The molecule has 2 aromatic rings. The van der Waals surface area contributed by atoms with Crippen LogP contribution in [0.1, 0.15) is 17.0 Å². The molecule has 2 amide bonds. The van der Waals surface area contributed by atoms with Gasteiger partial charge >= 0.3 is 12.2 Å². The highest BCUT2D eigenvalue weighted by Crippen LogP contribution is 2.29. The molecule has 0 aliphatic heterocycles. The van der Waals surface area contributed by atoms with E-state index in [4.69, 9.17) is 4.74 Å². The number of pyridine rings is 1. The topological polar surface area (TPSA) is 63.2 Å². The molecule has 9 heteroatoms. The van der Waals surface area contributed by atoms with Crippen LogP contribution in [0.25, 0.3) is 0 Å². The van der Waals surface area contributed by atoms with Gasteiger partial charge in [-0.3, -0.25) is 0 Å². The van der Waals surface area contributed by atoms with Crippen molar-refractivity contribution >= 4 is 11.7 Å². The van der Waals surface area contributed by atoms with Gasteiger partial charge in [-0.15, -0.1) is 0 Å². The van der Waals surface area contributed by atoms with E-state index < -0.39 is 23.7 Å². The molecule has 0 fully saturated rings. The first-order chi connectivity index (χ1) is 11.7. The Bertz CT molecular complexity index is 778. The summed E-state index contributed by atoms with van der Waals surface area (Å²) in [5.74, 6) is -0.482. The van der Waals surface area contributed by atoms with Crippen LogP contribution in [-0.2, 0) is 12.7 Å². The number of amides is 2. The van der Waals surface area contributed by atoms with Crippen molar-refractivity contribution in [2.45, 2.75) is 19.6 Å². The van der Waals surface area contributed by atoms with Crippen molar-refractivity contribution in [3.05, 3.63) is 53.1 Å². The Labute approximate surface area is 141 Å². The molecule has 25 heavy (non-hydrogen) atoms. The molecule has 0 aliphatic rings. The Balaban J connectivity index is 1.97. The van der Waals surface area contributed by atoms with Crippen LogP contribution in [0.4, 0.5) is 28.0 Å². The first-order valence-corrected chi connectivity index (χ1v) is 7.13. The minimum atomic E-state index is -4.55. The monoisotopic (exact) mass is 357 g/mol. The minimum absolute atomic E-state index is 0.0276. The molecule has 0 saturated heterocycles. The third-order valence-corrected chi connectivity index (χ3v) is 3.29. The number of aromatic nitrogens is 1. The van der Waals surface area contributed by atoms with Crippen molar-refractivity contribution in [2.24, 2.45) is 0 Å². The van der Waals surface area contributed by atoms with E-state index in [1.165, 1.54) is 26.2 Å². The number of nitrogens with zero attached hydrogens (tertiary/aromatic N) is 1. The number of carbonyl (C=O) groups excluding carboxylic acids is 1. The lowest BCUT2D eigenvalue weighted by molar-refractivity contribution is -0.141. The van der Waals surface area contributed by atoms with Gasteiger partial charge in [0, 0.05) is 6.54 Å². The zero-order chi connectivity index (χ0) is 18.6. The SMILES string of the molecule is COc1ccc(CNC(=O)Nc2ccc(C(F)(F)F)nc2C)cc1F. The van der Waals surface area contributed by atoms with Crippen molar-refractivity contribution in [3.63, 3.8) is 0 Å². The molecular weight excluding hydrogens is 342 g/mol. The predicted octanol–water partition coefficient (Wildman–Crippen LogP) is 3.88. The van der Waals surface area contributed by atoms with Gasteiger partial charge in [0.05, 0.1) is 18.5 Å². The van der Waals surface area contributed by atoms with E-state index in [9.17, 15) is 22.4 Å². The van der Waals surface area contributed by atoms with Gasteiger partial charge in [-0.05, 0) is 36.8 Å². The van der Waals surface area contributed by atoms with Crippen LogP contribution < -0.4 is 15.4 Å². The second-order valence-corrected chi connectivity index (χ2v) is 5.10. The quantitative estimate of drug-likeness (QED) is 0.817. The number of ether oxygens (including phenoxy) is 1. The summed E-state index contributed by atoms with van der Waals surface area (Å²) >= 11 is 0. The highest BCUT2D eigenvalue weighted by Gasteiger charge is 2.32. The van der Waals surface area contributed by atoms with E-state index >= 15 is 0 Å². The highest BCUT2D eigenvalue weighted by atomic mass is 19.4. The van der Waals surface area contributed by atoms with Crippen LogP contribution in [0.3, 0.4) is 0 Å². The maximum Gasteiger partial charge on any atom is 0.433 e. The standard InChI is InChI=1S/C16H15F4N3O2/c1-9-12(4-6-14(22-9)16(18,19)20)23-15(24)21-8-10-3-5-13(25-2)11(17)7-10/h3-7H,8H2,1-2H3,(H2,21,23,24). The minimum Gasteiger partial charge on any atom is -0.494 e. The number of carbonyl (C=O) groups is 1. The zero-order valence-corrected chi connectivity index (χ0v) is 13.4. The van der Waals surface area contributed by atoms with Crippen LogP contribution in [-0.4, -0.2) is 18.1 Å². The summed E-state index contributed by atoms with van der Waals surface area (Å²) in [6, 6.07) is 5.46. The lowest BCUT2D eigenvalue weighted by Crippen LogP contribution is -2.28. The first kappa shape index (κ1) is 18.5. The number of aryl methyl sites for hydroxylation is 1. The van der Waals surface area contributed by atoms with E-state index in [0.717, 1.165) is 12.1 Å². The smallest absolute Gasteiger partial charge is 0.433 e. The fourth-order valence-corrected chi connectivity index (χ4v) is 2.02. The number of hydrogen-bond donors (Lipinski definition) is 2. The number of urea groups is 1. The predicted molar refractivity (Wildman–Crippen MR) is 82.8 cm³/mol. The number of alkyl halides is 3. The maximum absolute atomic E-state index is 13.6. The summed E-state index contributed by atoms with van der Waals surface area (Å²) in [6.07, 6.45) is -4.55. The Kier molecular flexibility index (Phi) is 5.45. The number of hydrogen-bond acceptors (Lipinski definition) is 3. The van der Waals surface area contributed by atoms with Gasteiger partial charge in [0.15, 0.2) is 11.6 Å². The maximum atomic E-state index is 13.6. The van der Waals surface area contributed by atoms with Gasteiger partial charge in [-0.25, -0.2) is 14.2 Å². The lowest BCUT2D eigenvalue weighted by Gasteiger charge is -2.12. The van der Waals surface area contributed by atoms with Gasteiger partial charge < -0.3 is 15.4 Å². The molecule has 0 spiro atoms. The van der Waals surface area contributed by atoms with E-state index in [1.807, 2.05) is 0 Å². The molecule has 0 radical (unpaired) electrons. The summed E-state index contributed by atoms with van der Waals surface area (Å²) < 4.78 is 56.0. The summed E-state index contributed by atoms with van der Waals surface area (Å²) in [4.78, 5) is 15.3. The normalized spacial score (nSPS) is 11.1. The number of rotatable bonds is 4. The molecule has 2 N–H and O–H groups in total. The van der Waals surface area contributed by atoms with Crippen LogP contribution in [0, 0.1) is 12.7 Å². The van der Waals surface area contributed by atoms with E-state index in [0.29, 0.717) is 5.56 Å². The largest absolute Gasteiger partial charge is 0.494 e. The molecule has 1 aromatic carbocycles. The second kappa shape index (κ2) is 7.37.